The monoisotopic (exact) mass is 519 g/mol. The molecule has 0 saturated carbocycles. The average Bonchev–Trinajstić information content (AvgIpc) is 2.09. The third-order valence-corrected chi connectivity index (χ3v) is 9.74. The molecule has 0 aliphatic rings. The molecule has 0 N–H and O–H groups in total. The third kappa shape index (κ3) is 4.33. The third-order valence-electron chi connectivity index (χ3n) is 1.73. The van der Waals surface area contributed by atoms with Crippen LogP contribution in [0.3, 0.4) is 0 Å². The first-order valence-electron chi connectivity index (χ1n) is 4.02. The molecule has 0 aromatic carbocycles. The smallest absolute Gasteiger partial charge is 0.217 e. The minimum absolute atomic E-state index is 0. The largest absolute Gasteiger partial charge is 1.00 e. The number of hydrogen-bond acceptors (Lipinski definition) is 6. The van der Waals surface area contributed by atoms with E-state index in [-0.39, 0.29) is 22.4 Å². The summed E-state index contributed by atoms with van der Waals surface area (Å²) in [4.78, 5) is 0. The van der Waals surface area contributed by atoms with Crippen molar-refractivity contribution in [3.8, 4) is 0 Å². The summed E-state index contributed by atoms with van der Waals surface area (Å²) in [5.41, 5.74) is -21.1. The van der Waals surface area contributed by atoms with Crippen molar-refractivity contribution >= 4 is 29.5 Å². The van der Waals surface area contributed by atoms with Crippen molar-refractivity contribution in [1.29, 1.82) is 0 Å². The molecule has 0 spiro atoms. The minimum Gasteiger partial charge on any atom is -0.217 e. The van der Waals surface area contributed by atoms with Gasteiger partial charge in [-0.2, -0.15) is 39.5 Å². The van der Waals surface area contributed by atoms with E-state index in [0.29, 0.717) is 0 Å². The Kier molecular flexibility index (Phi) is 6.96. The molecule has 23 heavy (non-hydrogen) atoms. The second-order valence-corrected chi connectivity index (χ2v) is 10.2. The molecule has 0 bridgehead atoms. The first-order valence-corrected chi connectivity index (χ1v) is 8.66. The number of rotatable bonds is 3. The van der Waals surface area contributed by atoms with Gasteiger partial charge < -0.3 is 0 Å². The van der Waals surface area contributed by atoms with E-state index < -0.39 is 50.0 Å². The summed E-state index contributed by atoms with van der Waals surface area (Å²) >= 11 is 0. The van der Waals surface area contributed by atoms with Crippen LogP contribution in [0.15, 0.2) is 0 Å². The van der Waals surface area contributed by atoms with Crippen LogP contribution in [0.25, 0.3) is 0 Å². The summed E-state index contributed by atoms with van der Waals surface area (Å²) < 4.78 is 167. The summed E-state index contributed by atoms with van der Waals surface area (Å²) in [5, 5.41) is 0. The fourth-order valence-corrected chi connectivity index (χ4v) is 7.45. The van der Waals surface area contributed by atoms with Crippen LogP contribution < -0.4 is 0 Å². The van der Waals surface area contributed by atoms with Crippen LogP contribution in [0.4, 0.5) is 39.5 Å². The van der Waals surface area contributed by atoms with Gasteiger partial charge in [0.25, 0.3) is 33.4 Å². The zero-order valence-corrected chi connectivity index (χ0v) is 13.4. The molecule has 0 aromatic rings. The van der Waals surface area contributed by atoms with Crippen LogP contribution in [0.1, 0.15) is 0 Å². The first-order chi connectivity index (χ1) is 9.12. The molecule has 0 unspecified atom stereocenters. The van der Waals surface area contributed by atoms with Crippen LogP contribution in [0.5, 0.6) is 0 Å². The molecule has 144 valence electrons. The van der Waals surface area contributed by atoms with Crippen LogP contribution in [0, 0.1) is 0 Å². The summed E-state index contributed by atoms with van der Waals surface area (Å²) in [7, 11) is -23.8. The molecule has 0 radical (unpaired) electrons. The van der Waals surface area contributed by atoms with Gasteiger partial charge >= 0.3 is 38.9 Å². The first kappa shape index (κ1) is 25.2. The van der Waals surface area contributed by atoms with E-state index in [2.05, 4.69) is 0 Å². The molecule has 6 nitrogen and oxygen atoms in total. The molecule has 0 saturated heterocycles. The Balaban J connectivity index is 0. The van der Waals surface area contributed by atoms with Gasteiger partial charge in [0.15, 0.2) is 0 Å². The van der Waals surface area contributed by atoms with E-state index in [0.717, 1.165) is 0 Å². The number of hydrogen-bond donors (Lipinski definition) is 0. The molecule has 0 atom stereocenters. The SMILES string of the molecule is O=S(=O)(C(S(=O)(=O)C(F)(F)F)S(=O)(=O)C(F)(F)F)C(F)(F)F.[Ag+]. The molecular weight excluding hydrogens is 519 g/mol. The van der Waals surface area contributed by atoms with Gasteiger partial charge in [0.2, 0.25) is 0 Å². The second-order valence-electron chi connectivity index (χ2n) is 3.26. The molecule has 19 heteroatoms. The summed E-state index contributed by atoms with van der Waals surface area (Å²) in [6.07, 6.45) is 0. The van der Waals surface area contributed by atoms with E-state index in [9.17, 15) is 64.8 Å². The molecule has 0 rings (SSSR count). The van der Waals surface area contributed by atoms with Gasteiger partial charge in [0.1, 0.15) is 0 Å². The Morgan fingerprint density at radius 1 is 0.478 bits per heavy atom. The Morgan fingerprint density at radius 2 is 0.609 bits per heavy atom. The van der Waals surface area contributed by atoms with Gasteiger partial charge in [-0.3, -0.25) is 0 Å². The van der Waals surface area contributed by atoms with E-state index in [4.69, 9.17) is 0 Å². The van der Waals surface area contributed by atoms with Crippen molar-refractivity contribution in [2.75, 3.05) is 0 Å². The molecule has 0 aliphatic carbocycles. The summed E-state index contributed by atoms with van der Waals surface area (Å²) in [6, 6.07) is 0. The van der Waals surface area contributed by atoms with Crippen LogP contribution in [-0.4, -0.2) is 45.7 Å². The zero-order valence-electron chi connectivity index (χ0n) is 9.45. The standard InChI is InChI=1S/C4HF9O6S3.Ag/c5-2(6,7)20(14,15)1(21(16,17)3(8,9)10)22(18,19)4(11,12)13;/h1H;/q;+1. The van der Waals surface area contributed by atoms with Crippen LogP contribution in [-0.2, 0) is 51.9 Å². The van der Waals surface area contributed by atoms with Crippen molar-refractivity contribution in [3.05, 3.63) is 0 Å². The molecule has 0 aromatic heterocycles. The van der Waals surface area contributed by atoms with Gasteiger partial charge in [0, 0.05) is 0 Å². The predicted molar refractivity (Wildman–Crippen MR) is 48.7 cm³/mol. The Hall–Kier alpha value is -0.0397. The molecular formula is C4HAgF9O6S3+. The maximum Gasteiger partial charge on any atom is 1.00 e. The summed E-state index contributed by atoms with van der Waals surface area (Å²) in [6.45, 7) is 0. The van der Waals surface area contributed by atoms with Gasteiger partial charge in [-0.05, 0) is 0 Å². The van der Waals surface area contributed by atoms with Gasteiger partial charge in [-0.1, -0.05) is 0 Å². The predicted octanol–water partition coefficient (Wildman–Crippen LogP) is 1.07. The van der Waals surface area contributed by atoms with E-state index >= 15 is 0 Å². The zero-order chi connectivity index (χ0) is 18.6. The molecule has 0 aliphatic heterocycles. The second kappa shape index (κ2) is 6.36. The summed E-state index contributed by atoms with van der Waals surface area (Å²) in [5.74, 6) is 0. The normalized spacial score (nSPS) is 15.4. The molecule has 0 amide bonds. The number of halogens is 9. The molecule has 0 heterocycles. The average molecular weight is 520 g/mol. The maximum absolute atomic E-state index is 12.1. The van der Waals surface area contributed by atoms with Gasteiger partial charge in [-0.25, -0.2) is 25.3 Å². The maximum atomic E-state index is 12.1. The fourth-order valence-electron chi connectivity index (χ4n) is 0.828. The van der Waals surface area contributed by atoms with Gasteiger partial charge in [0.05, 0.1) is 0 Å². The van der Waals surface area contributed by atoms with Crippen molar-refractivity contribution in [2.24, 2.45) is 0 Å². The Labute approximate surface area is 137 Å². The van der Waals surface area contributed by atoms with E-state index in [1.807, 2.05) is 0 Å². The van der Waals surface area contributed by atoms with E-state index in [1.165, 1.54) is 0 Å². The Bertz CT molecular complexity index is 634. The number of alkyl halides is 9. The van der Waals surface area contributed by atoms with Crippen molar-refractivity contribution in [1.82, 2.24) is 0 Å². The topological polar surface area (TPSA) is 102 Å². The molecule has 0 fully saturated rings. The minimum atomic E-state index is -7.94. The van der Waals surface area contributed by atoms with Crippen molar-refractivity contribution in [3.63, 3.8) is 0 Å². The fraction of sp³-hybridized carbons (Fsp3) is 1.00. The van der Waals surface area contributed by atoms with Crippen LogP contribution in [0.2, 0.25) is 0 Å². The number of sulfone groups is 3. The quantitative estimate of drug-likeness (QED) is 0.408. The van der Waals surface area contributed by atoms with E-state index in [1.54, 1.807) is 0 Å². The van der Waals surface area contributed by atoms with Crippen molar-refractivity contribution < 1.29 is 87.1 Å². The van der Waals surface area contributed by atoms with Crippen molar-refractivity contribution in [2.45, 2.75) is 20.4 Å². The van der Waals surface area contributed by atoms with Gasteiger partial charge in [-0.15, -0.1) is 0 Å². The van der Waals surface area contributed by atoms with Crippen LogP contribution >= 0.6 is 0 Å². The Morgan fingerprint density at radius 3 is 0.696 bits per heavy atom.